The molecule has 0 atom stereocenters. The molecule has 1 rings (SSSR count). The second-order valence-electron chi connectivity index (χ2n) is 4.02. The summed E-state index contributed by atoms with van der Waals surface area (Å²) in [5.41, 5.74) is 6.06. The second kappa shape index (κ2) is 3.99. The van der Waals surface area contributed by atoms with Crippen LogP contribution >= 0.6 is 27.5 Å². The van der Waals surface area contributed by atoms with Gasteiger partial charge in [0.05, 0.1) is 10.2 Å². The van der Waals surface area contributed by atoms with E-state index in [-0.39, 0.29) is 5.60 Å². The van der Waals surface area contributed by atoms with Crippen LogP contribution in [0.25, 0.3) is 0 Å². The molecule has 0 amide bonds. The summed E-state index contributed by atoms with van der Waals surface area (Å²) in [6.07, 6.45) is 0. The molecule has 1 aromatic rings. The lowest BCUT2D eigenvalue weighted by molar-refractivity contribution is 0.131. The third-order valence-electron chi connectivity index (χ3n) is 1.45. The quantitative estimate of drug-likeness (QED) is 0.792. The molecule has 0 bridgehead atoms. The molecule has 4 heteroatoms. The van der Waals surface area contributed by atoms with Crippen molar-refractivity contribution in [1.29, 1.82) is 0 Å². The van der Waals surface area contributed by atoms with Gasteiger partial charge in [-0.05, 0) is 48.8 Å². The summed E-state index contributed by atoms with van der Waals surface area (Å²) in [6.45, 7) is 5.90. The van der Waals surface area contributed by atoms with Crippen LogP contribution in [-0.2, 0) is 0 Å². The van der Waals surface area contributed by atoms with E-state index in [0.717, 1.165) is 4.47 Å². The normalized spacial score (nSPS) is 11.5. The van der Waals surface area contributed by atoms with E-state index in [1.54, 1.807) is 12.1 Å². The fraction of sp³-hybridized carbons (Fsp3) is 0.400. The van der Waals surface area contributed by atoms with Crippen LogP contribution in [-0.4, -0.2) is 5.60 Å². The zero-order valence-electron chi connectivity index (χ0n) is 8.40. The number of hydrogen-bond acceptors (Lipinski definition) is 2. The zero-order valence-corrected chi connectivity index (χ0v) is 10.7. The summed E-state index contributed by atoms with van der Waals surface area (Å²) in [7, 11) is 0. The fourth-order valence-electron chi connectivity index (χ4n) is 0.994. The lowest BCUT2D eigenvalue weighted by Crippen LogP contribution is -2.23. The van der Waals surface area contributed by atoms with E-state index in [4.69, 9.17) is 22.1 Å². The van der Waals surface area contributed by atoms with Gasteiger partial charge < -0.3 is 10.5 Å². The van der Waals surface area contributed by atoms with Crippen molar-refractivity contribution in [2.24, 2.45) is 0 Å². The van der Waals surface area contributed by atoms with Gasteiger partial charge in [0.15, 0.2) is 5.75 Å². The first-order valence-electron chi connectivity index (χ1n) is 4.23. The maximum Gasteiger partial charge on any atom is 0.157 e. The Bertz CT molecular complexity index is 323. The Kier molecular flexibility index (Phi) is 3.32. The minimum absolute atomic E-state index is 0.273. The van der Waals surface area contributed by atoms with Crippen molar-refractivity contribution in [3.8, 4) is 5.75 Å². The molecular weight excluding hydrogens is 265 g/mol. The van der Waals surface area contributed by atoms with Crippen LogP contribution in [0.4, 0.5) is 5.69 Å². The third-order valence-corrected chi connectivity index (χ3v) is 2.25. The van der Waals surface area contributed by atoms with E-state index in [1.807, 2.05) is 20.8 Å². The van der Waals surface area contributed by atoms with E-state index in [1.165, 1.54) is 0 Å². The number of benzene rings is 1. The highest BCUT2D eigenvalue weighted by atomic mass is 79.9. The van der Waals surface area contributed by atoms with Gasteiger partial charge in [-0.15, -0.1) is 0 Å². The molecule has 0 saturated heterocycles. The van der Waals surface area contributed by atoms with E-state index in [0.29, 0.717) is 16.5 Å². The minimum Gasteiger partial charge on any atom is -0.485 e. The van der Waals surface area contributed by atoms with Gasteiger partial charge in [0.25, 0.3) is 0 Å². The molecule has 0 aliphatic rings. The Labute approximate surface area is 97.5 Å². The maximum atomic E-state index is 5.83. The Morgan fingerprint density at radius 1 is 1.36 bits per heavy atom. The molecule has 0 heterocycles. The molecule has 1 aromatic carbocycles. The van der Waals surface area contributed by atoms with Crippen molar-refractivity contribution in [2.45, 2.75) is 26.4 Å². The van der Waals surface area contributed by atoms with E-state index in [2.05, 4.69) is 15.9 Å². The molecule has 0 fully saturated rings. The molecule has 2 nitrogen and oxygen atoms in total. The molecule has 0 spiro atoms. The largest absolute Gasteiger partial charge is 0.485 e. The predicted molar refractivity (Wildman–Crippen MR) is 63.9 cm³/mol. The van der Waals surface area contributed by atoms with Gasteiger partial charge in [0, 0.05) is 5.02 Å². The van der Waals surface area contributed by atoms with E-state index in [9.17, 15) is 0 Å². The minimum atomic E-state index is -0.273. The van der Waals surface area contributed by atoms with Crippen molar-refractivity contribution < 1.29 is 4.74 Å². The maximum absolute atomic E-state index is 5.83. The average Bonchev–Trinajstić information content (AvgIpc) is 1.95. The van der Waals surface area contributed by atoms with Gasteiger partial charge in [0.1, 0.15) is 5.60 Å². The van der Waals surface area contributed by atoms with Crippen molar-refractivity contribution in [2.75, 3.05) is 5.73 Å². The molecular formula is C10H13BrClNO. The number of rotatable bonds is 1. The first-order valence-corrected chi connectivity index (χ1v) is 5.40. The Morgan fingerprint density at radius 3 is 2.36 bits per heavy atom. The molecule has 2 N–H and O–H groups in total. The number of nitrogens with two attached hydrogens (primary N) is 1. The molecule has 0 aliphatic carbocycles. The van der Waals surface area contributed by atoms with Gasteiger partial charge in [-0.2, -0.15) is 0 Å². The topological polar surface area (TPSA) is 35.2 Å². The Morgan fingerprint density at radius 2 is 1.93 bits per heavy atom. The van der Waals surface area contributed by atoms with Gasteiger partial charge >= 0.3 is 0 Å². The van der Waals surface area contributed by atoms with Gasteiger partial charge in [-0.3, -0.25) is 0 Å². The standard InChI is InChI=1S/C10H13BrClNO/c1-10(2,3)14-9-7(11)4-6(12)5-8(9)13/h4-5H,13H2,1-3H3. The van der Waals surface area contributed by atoms with Crippen molar-refractivity contribution in [3.05, 3.63) is 21.6 Å². The fourth-order valence-corrected chi connectivity index (χ4v) is 1.91. The second-order valence-corrected chi connectivity index (χ2v) is 5.31. The molecule has 0 saturated carbocycles. The monoisotopic (exact) mass is 277 g/mol. The van der Waals surface area contributed by atoms with Gasteiger partial charge in [-0.1, -0.05) is 11.6 Å². The lowest BCUT2D eigenvalue weighted by Gasteiger charge is -2.23. The SMILES string of the molecule is CC(C)(C)Oc1c(N)cc(Cl)cc1Br. The van der Waals surface area contributed by atoms with Crippen LogP contribution in [0.3, 0.4) is 0 Å². The molecule has 0 aliphatic heterocycles. The van der Waals surface area contributed by atoms with Crippen molar-refractivity contribution >= 4 is 33.2 Å². The number of nitrogen functional groups attached to an aromatic ring is 1. The Hall–Kier alpha value is -0.410. The smallest absolute Gasteiger partial charge is 0.157 e. The first-order chi connectivity index (χ1) is 6.29. The first kappa shape index (κ1) is 11.7. The molecule has 0 unspecified atom stereocenters. The number of ether oxygens (including phenoxy) is 1. The summed E-state index contributed by atoms with van der Waals surface area (Å²) >= 11 is 9.19. The van der Waals surface area contributed by atoms with Gasteiger partial charge in [0.2, 0.25) is 0 Å². The summed E-state index contributed by atoms with van der Waals surface area (Å²) in [5.74, 6) is 0.641. The average molecular weight is 279 g/mol. The number of halogens is 2. The molecule has 78 valence electrons. The van der Waals surface area contributed by atoms with Crippen LogP contribution in [0.5, 0.6) is 5.75 Å². The molecule has 0 radical (unpaired) electrons. The van der Waals surface area contributed by atoms with Crippen LogP contribution in [0, 0.1) is 0 Å². The summed E-state index contributed by atoms with van der Waals surface area (Å²) in [5, 5.41) is 0.593. The highest BCUT2D eigenvalue weighted by molar-refractivity contribution is 9.10. The summed E-state index contributed by atoms with van der Waals surface area (Å²) < 4.78 is 6.46. The lowest BCUT2D eigenvalue weighted by atomic mass is 10.2. The van der Waals surface area contributed by atoms with Crippen molar-refractivity contribution in [3.63, 3.8) is 0 Å². The zero-order chi connectivity index (χ0) is 10.9. The van der Waals surface area contributed by atoms with Crippen LogP contribution in [0.15, 0.2) is 16.6 Å². The van der Waals surface area contributed by atoms with Crippen LogP contribution < -0.4 is 10.5 Å². The van der Waals surface area contributed by atoms with Crippen molar-refractivity contribution in [1.82, 2.24) is 0 Å². The molecule has 14 heavy (non-hydrogen) atoms. The number of hydrogen-bond donors (Lipinski definition) is 1. The van der Waals surface area contributed by atoms with E-state index < -0.39 is 0 Å². The summed E-state index contributed by atoms with van der Waals surface area (Å²) in [4.78, 5) is 0. The summed E-state index contributed by atoms with van der Waals surface area (Å²) in [6, 6.07) is 3.44. The van der Waals surface area contributed by atoms with Crippen LogP contribution in [0.2, 0.25) is 5.02 Å². The van der Waals surface area contributed by atoms with E-state index >= 15 is 0 Å². The predicted octanol–water partition coefficient (Wildman–Crippen LogP) is 3.86. The third kappa shape index (κ3) is 3.07. The Balaban J connectivity index is 3.09. The highest BCUT2D eigenvalue weighted by Crippen LogP contribution is 2.36. The molecule has 0 aromatic heterocycles. The number of anilines is 1. The van der Waals surface area contributed by atoms with Crippen LogP contribution in [0.1, 0.15) is 20.8 Å². The van der Waals surface area contributed by atoms with Gasteiger partial charge in [-0.25, -0.2) is 0 Å². The highest BCUT2D eigenvalue weighted by Gasteiger charge is 2.16.